The molecule has 4 heteroatoms. The van der Waals surface area contributed by atoms with Gasteiger partial charge in [0.05, 0.1) is 0 Å². The summed E-state index contributed by atoms with van der Waals surface area (Å²) in [6.45, 7) is 5.45. The predicted octanol–water partition coefficient (Wildman–Crippen LogP) is 2.71. The maximum atomic E-state index is 11.3. The summed E-state index contributed by atoms with van der Waals surface area (Å²) in [5.41, 5.74) is -3.60. The van der Waals surface area contributed by atoms with Gasteiger partial charge in [-0.1, -0.05) is 52.4 Å². The molecular weight excluding hydrogens is 232 g/mol. The van der Waals surface area contributed by atoms with Crippen LogP contribution >= 0.6 is 0 Å². The van der Waals surface area contributed by atoms with Crippen molar-refractivity contribution in [2.24, 2.45) is 0 Å². The number of rotatable bonds is 10. The molecule has 0 bridgehead atoms. The van der Waals surface area contributed by atoms with Crippen LogP contribution in [0.4, 0.5) is 0 Å². The molecule has 0 aliphatic heterocycles. The van der Waals surface area contributed by atoms with E-state index in [4.69, 9.17) is 0 Å². The highest BCUT2D eigenvalue weighted by Gasteiger charge is 2.51. The number of aliphatic carboxylic acids is 1. The molecule has 0 fully saturated rings. The van der Waals surface area contributed by atoms with Gasteiger partial charge in [-0.15, -0.1) is 0 Å². The lowest BCUT2D eigenvalue weighted by Crippen LogP contribution is -2.57. The van der Waals surface area contributed by atoms with E-state index in [1.165, 1.54) is 6.92 Å². The molecule has 0 aromatic carbocycles. The van der Waals surface area contributed by atoms with Crippen molar-refractivity contribution in [2.45, 2.75) is 83.3 Å². The van der Waals surface area contributed by atoms with Gasteiger partial charge in [0.1, 0.15) is 5.60 Å². The summed E-state index contributed by atoms with van der Waals surface area (Å²) in [4.78, 5) is 11.3. The molecule has 0 aliphatic carbocycles. The van der Waals surface area contributed by atoms with E-state index >= 15 is 0 Å². The zero-order valence-electron chi connectivity index (χ0n) is 11.9. The van der Waals surface area contributed by atoms with Gasteiger partial charge in [-0.25, -0.2) is 4.79 Å². The molecule has 2 atom stereocenters. The van der Waals surface area contributed by atoms with Crippen LogP contribution in [0.25, 0.3) is 0 Å². The van der Waals surface area contributed by atoms with Crippen molar-refractivity contribution in [3.05, 3.63) is 0 Å². The number of carboxylic acids is 1. The molecule has 2 unspecified atom stereocenters. The molecule has 0 heterocycles. The topological polar surface area (TPSA) is 77.8 Å². The lowest BCUT2D eigenvalue weighted by molar-refractivity contribution is -0.193. The van der Waals surface area contributed by atoms with E-state index in [1.54, 1.807) is 0 Å². The van der Waals surface area contributed by atoms with E-state index < -0.39 is 17.2 Å². The summed E-state index contributed by atoms with van der Waals surface area (Å²) in [5, 5.41) is 29.7. The highest BCUT2D eigenvalue weighted by Crippen LogP contribution is 2.32. The standard InChI is InChI=1S/C14H28O4/c1-4-6-8-9-10-13(3,17)14(18,12(15)16)11-7-5-2/h17-18H,4-11H2,1-3H3,(H,15,16). The highest BCUT2D eigenvalue weighted by molar-refractivity contribution is 5.78. The zero-order chi connectivity index (χ0) is 14.2. The average molecular weight is 260 g/mol. The summed E-state index contributed by atoms with van der Waals surface area (Å²) < 4.78 is 0. The molecule has 0 saturated heterocycles. The summed E-state index contributed by atoms with van der Waals surface area (Å²) in [6, 6.07) is 0. The fourth-order valence-electron chi connectivity index (χ4n) is 2.14. The van der Waals surface area contributed by atoms with Crippen molar-refractivity contribution in [1.29, 1.82) is 0 Å². The van der Waals surface area contributed by atoms with Crippen LogP contribution in [0.1, 0.15) is 72.1 Å². The number of unbranched alkanes of at least 4 members (excludes halogenated alkanes) is 4. The van der Waals surface area contributed by atoms with E-state index in [9.17, 15) is 20.1 Å². The Morgan fingerprint density at radius 1 is 0.944 bits per heavy atom. The van der Waals surface area contributed by atoms with Crippen LogP contribution in [-0.4, -0.2) is 32.5 Å². The second-order valence-electron chi connectivity index (χ2n) is 5.35. The first-order valence-electron chi connectivity index (χ1n) is 7.00. The largest absolute Gasteiger partial charge is 0.479 e. The van der Waals surface area contributed by atoms with Gasteiger partial charge in [-0.3, -0.25) is 0 Å². The predicted molar refractivity (Wildman–Crippen MR) is 71.5 cm³/mol. The van der Waals surface area contributed by atoms with Crippen LogP contribution in [0, 0.1) is 0 Å². The third kappa shape index (κ3) is 4.58. The maximum absolute atomic E-state index is 11.3. The molecule has 0 radical (unpaired) electrons. The summed E-state index contributed by atoms with van der Waals surface area (Å²) >= 11 is 0. The van der Waals surface area contributed by atoms with E-state index in [2.05, 4.69) is 6.92 Å². The van der Waals surface area contributed by atoms with Crippen molar-refractivity contribution >= 4 is 5.97 Å². The number of carboxylic acid groups (broad SMARTS) is 1. The highest BCUT2D eigenvalue weighted by atomic mass is 16.4. The van der Waals surface area contributed by atoms with E-state index in [-0.39, 0.29) is 6.42 Å². The fraction of sp³-hybridized carbons (Fsp3) is 0.929. The van der Waals surface area contributed by atoms with Crippen LogP contribution < -0.4 is 0 Å². The number of carbonyl (C=O) groups is 1. The van der Waals surface area contributed by atoms with Crippen molar-refractivity contribution in [2.75, 3.05) is 0 Å². The minimum Gasteiger partial charge on any atom is -0.479 e. The van der Waals surface area contributed by atoms with Gasteiger partial charge in [-0.2, -0.15) is 0 Å². The monoisotopic (exact) mass is 260 g/mol. The Balaban J connectivity index is 4.59. The SMILES string of the molecule is CCCCCCC(C)(O)C(O)(CCCC)C(=O)O. The first-order valence-corrected chi connectivity index (χ1v) is 7.00. The lowest BCUT2D eigenvalue weighted by atomic mass is 9.77. The minimum absolute atomic E-state index is 0.0968. The molecule has 0 aromatic heterocycles. The van der Waals surface area contributed by atoms with E-state index in [1.807, 2.05) is 6.92 Å². The van der Waals surface area contributed by atoms with Crippen LogP contribution in [0.5, 0.6) is 0 Å². The van der Waals surface area contributed by atoms with Crippen molar-refractivity contribution in [3.63, 3.8) is 0 Å². The Morgan fingerprint density at radius 2 is 1.50 bits per heavy atom. The molecule has 0 spiro atoms. The molecular formula is C14H28O4. The average Bonchev–Trinajstić information content (AvgIpc) is 2.31. The Bertz CT molecular complexity index is 250. The van der Waals surface area contributed by atoms with Gasteiger partial charge >= 0.3 is 5.97 Å². The quantitative estimate of drug-likeness (QED) is 0.528. The fourth-order valence-corrected chi connectivity index (χ4v) is 2.14. The molecule has 0 amide bonds. The molecule has 0 aliphatic rings. The van der Waals surface area contributed by atoms with Gasteiger partial charge in [0, 0.05) is 0 Å². The summed E-state index contributed by atoms with van der Waals surface area (Å²) in [6.07, 6.45) is 5.64. The van der Waals surface area contributed by atoms with Gasteiger partial charge in [0.25, 0.3) is 0 Å². The molecule has 0 aromatic rings. The number of hydrogen-bond acceptors (Lipinski definition) is 3. The van der Waals surface area contributed by atoms with Crippen LogP contribution in [0.15, 0.2) is 0 Å². The van der Waals surface area contributed by atoms with Crippen molar-refractivity contribution in [3.8, 4) is 0 Å². The minimum atomic E-state index is -2.03. The van der Waals surface area contributed by atoms with Crippen LogP contribution in [0.2, 0.25) is 0 Å². The molecule has 108 valence electrons. The summed E-state index contributed by atoms with van der Waals surface area (Å²) in [5.74, 6) is -1.32. The Labute approximate surface area is 110 Å². The Kier molecular flexibility index (Phi) is 7.48. The van der Waals surface area contributed by atoms with E-state index in [0.717, 1.165) is 32.1 Å². The normalized spacial score (nSPS) is 18.1. The van der Waals surface area contributed by atoms with Gasteiger partial charge in [0.15, 0.2) is 5.60 Å². The van der Waals surface area contributed by atoms with Crippen LogP contribution in [0.3, 0.4) is 0 Å². The maximum Gasteiger partial charge on any atom is 0.338 e. The smallest absolute Gasteiger partial charge is 0.338 e. The first-order chi connectivity index (χ1) is 8.31. The number of aliphatic hydroxyl groups is 2. The van der Waals surface area contributed by atoms with Crippen molar-refractivity contribution in [1.82, 2.24) is 0 Å². The Morgan fingerprint density at radius 3 is 1.94 bits per heavy atom. The second-order valence-corrected chi connectivity index (χ2v) is 5.35. The molecule has 3 N–H and O–H groups in total. The molecule has 4 nitrogen and oxygen atoms in total. The third-order valence-corrected chi connectivity index (χ3v) is 3.65. The molecule has 0 rings (SSSR count). The van der Waals surface area contributed by atoms with Gasteiger partial charge in [-0.05, 0) is 19.8 Å². The van der Waals surface area contributed by atoms with Gasteiger partial charge in [0.2, 0.25) is 0 Å². The summed E-state index contributed by atoms with van der Waals surface area (Å²) in [7, 11) is 0. The Hall–Kier alpha value is -0.610. The molecule has 18 heavy (non-hydrogen) atoms. The zero-order valence-corrected chi connectivity index (χ0v) is 11.9. The molecule has 0 saturated carbocycles. The first kappa shape index (κ1) is 17.4. The number of hydrogen-bond donors (Lipinski definition) is 3. The third-order valence-electron chi connectivity index (χ3n) is 3.65. The van der Waals surface area contributed by atoms with Gasteiger partial charge < -0.3 is 15.3 Å². The van der Waals surface area contributed by atoms with Crippen LogP contribution in [-0.2, 0) is 4.79 Å². The van der Waals surface area contributed by atoms with E-state index in [0.29, 0.717) is 12.8 Å². The van der Waals surface area contributed by atoms with Crippen molar-refractivity contribution < 1.29 is 20.1 Å². The lowest BCUT2D eigenvalue weighted by Gasteiger charge is -2.38. The second kappa shape index (κ2) is 7.74.